The molecule has 17 heavy (non-hydrogen) atoms. The number of halogens is 1. The van der Waals surface area contributed by atoms with Crippen molar-refractivity contribution in [3.05, 3.63) is 41.3 Å². The van der Waals surface area contributed by atoms with Gasteiger partial charge in [0.25, 0.3) is 0 Å². The molecule has 4 nitrogen and oxygen atoms in total. The molecule has 0 amide bonds. The highest BCUT2D eigenvalue weighted by molar-refractivity contribution is 6.30. The zero-order chi connectivity index (χ0) is 11.8. The molecule has 0 radical (unpaired) electrons. The van der Waals surface area contributed by atoms with Crippen LogP contribution in [0.25, 0.3) is 22.3 Å². The number of nitrogens with zero attached hydrogens (tertiary/aromatic N) is 1. The Hall–Kier alpha value is -1.78. The van der Waals surface area contributed by atoms with Crippen LogP contribution >= 0.6 is 11.6 Å². The number of hydrogen-bond donors (Lipinski definition) is 3. The molecule has 0 saturated heterocycles. The van der Waals surface area contributed by atoms with Gasteiger partial charge in [-0.15, -0.1) is 0 Å². The van der Waals surface area contributed by atoms with Crippen LogP contribution in [0.2, 0.25) is 5.15 Å². The average molecular weight is 248 g/mol. The zero-order valence-electron chi connectivity index (χ0n) is 8.87. The van der Waals surface area contributed by atoms with Crippen molar-refractivity contribution in [1.82, 2.24) is 15.0 Å². The summed E-state index contributed by atoms with van der Waals surface area (Å²) in [5, 5.41) is 10.5. The van der Waals surface area contributed by atoms with E-state index in [1.54, 1.807) is 0 Å². The molecule has 0 fully saturated rings. The minimum Gasteiger partial charge on any atom is -0.390 e. The van der Waals surface area contributed by atoms with Crippen LogP contribution in [0.3, 0.4) is 0 Å². The molecule has 0 aliphatic carbocycles. The number of fused-ring (bicyclic) bond motifs is 1. The Morgan fingerprint density at radius 3 is 2.88 bits per heavy atom. The predicted octanol–water partition coefficient (Wildman–Crippen LogP) is 2.70. The number of aromatic nitrogens is 3. The average Bonchev–Trinajstić information content (AvgIpc) is 2.92. The molecule has 0 saturated carbocycles. The van der Waals surface area contributed by atoms with Crippen molar-refractivity contribution >= 4 is 22.5 Å². The highest BCUT2D eigenvalue weighted by Crippen LogP contribution is 2.28. The van der Waals surface area contributed by atoms with Crippen LogP contribution in [-0.4, -0.2) is 20.1 Å². The Kier molecular flexibility index (Phi) is 2.39. The number of aromatic amines is 2. The SMILES string of the molecule is OCc1[nH]c(-c2c[nH]c3ccccc23)nc1Cl. The van der Waals surface area contributed by atoms with Crippen LogP contribution in [0.15, 0.2) is 30.5 Å². The molecule has 0 aliphatic rings. The second-order valence-corrected chi connectivity index (χ2v) is 4.12. The number of nitrogens with one attached hydrogen (secondary N) is 2. The smallest absolute Gasteiger partial charge is 0.153 e. The third kappa shape index (κ3) is 1.62. The molecule has 3 N–H and O–H groups in total. The minimum absolute atomic E-state index is 0.145. The summed E-state index contributed by atoms with van der Waals surface area (Å²) < 4.78 is 0. The fourth-order valence-electron chi connectivity index (χ4n) is 1.89. The van der Waals surface area contributed by atoms with Crippen molar-refractivity contribution in [2.75, 3.05) is 0 Å². The zero-order valence-corrected chi connectivity index (χ0v) is 9.62. The Morgan fingerprint density at radius 2 is 2.12 bits per heavy atom. The lowest BCUT2D eigenvalue weighted by Gasteiger charge is -1.93. The molecule has 2 aromatic heterocycles. The number of benzene rings is 1. The van der Waals surface area contributed by atoms with Crippen molar-refractivity contribution in [3.63, 3.8) is 0 Å². The fraction of sp³-hybridized carbons (Fsp3) is 0.0833. The Labute approximate surface area is 102 Å². The summed E-state index contributed by atoms with van der Waals surface area (Å²) >= 11 is 5.90. The molecule has 2 heterocycles. The standard InChI is InChI=1S/C12H10ClN3O/c13-11-10(6-17)15-12(16-11)8-5-14-9-4-2-1-3-7(8)9/h1-5,14,17H,6H2,(H,15,16). The Bertz CT molecular complexity index is 671. The summed E-state index contributed by atoms with van der Waals surface area (Å²) in [6.45, 7) is -0.145. The highest BCUT2D eigenvalue weighted by atomic mass is 35.5. The number of para-hydroxylation sites is 1. The van der Waals surface area contributed by atoms with Gasteiger partial charge >= 0.3 is 0 Å². The van der Waals surface area contributed by atoms with Gasteiger partial charge in [0.05, 0.1) is 12.3 Å². The summed E-state index contributed by atoms with van der Waals surface area (Å²) in [7, 11) is 0. The van der Waals surface area contributed by atoms with Crippen molar-refractivity contribution < 1.29 is 5.11 Å². The number of hydrogen-bond acceptors (Lipinski definition) is 2. The Balaban J connectivity index is 2.20. The van der Waals surface area contributed by atoms with Gasteiger partial charge in [-0.1, -0.05) is 29.8 Å². The predicted molar refractivity (Wildman–Crippen MR) is 66.8 cm³/mol. The quantitative estimate of drug-likeness (QED) is 0.652. The first-order valence-electron chi connectivity index (χ1n) is 5.21. The molecule has 0 aliphatic heterocycles. The van der Waals surface area contributed by atoms with Gasteiger partial charge in [-0.2, -0.15) is 0 Å². The highest BCUT2D eigenvalue weighted by Gasteiger charge is 2.12. The van der Waals surface area contributed by atoms with E-state index in [1.807, 2.05) is 30.5 Å². The van der Waals surface area contributed by atoms with Crippen LogP contribution in [0, 0.1) is 0 Å². The van der Waals surface area contributed by atoms with E-state index in [9.17, 15) is 0 Å². The van der Waals surface area contributed by atoms with Crippen LogP contribution in [0.4, 0.5) is 0 Å². The molecule has 1 aromatic carbocycles. The van der Waals surface area contributed by atoms with E-state index in [0.29, 0.717) is 16.7 Å². The topological polar surface area (TPSA) is 64.7 Å². The lowest BCUT2D eigenvalue weighted by Crippen LogP contribution is -1.83. The molecule has 0 bridgehead atoms. The normalized spacial score (nSPS) is 11.2. The van der Waals surface area contributed by atoms with E-state index in [-0.39, 0.29) is 6.61 Å². The fourth-order valence-corrected chi connectivity index (χ4v) is 2.08. The second kappa shape index (κ2) is 3.91. The van der Waals surface area contributed by atoms with Crippen LogP contribution in [-0.2, 0) is 6.61 Å². The molecule has 86 valence electrons. The lowest BCUT2D eigenvalue weighted by atomic mass is 10.2. The van der Waals surface area contributed by atoms with Gasteiger partial charge in [-0.05, 0) is 6.07 Å². The lowest BCUT2D eigenvalue weighted by molar-refractivity contribution is 0.277. The van der Waals surface area contributed by atoms with Gasteiger partial charge in [-0.3, -0.25) is 0 Å². The first-order chi connectivity index (χ1) is 8.29. The van der Waals surface area contributed by atoms with Gasteiger partial charge in [0.1, 0.15) is 5.82 Å². The summed E-state index contributed by atoms with van der Waals surface area (Å²) in [4.78, 5) is 10.4. The summed E-state index contributed by atoms with van der Waals surface area (Å²) in [6.07, 6.45) is 1.88. The van der Waals surface area contributed by atoms with Crippen LogP contribution in [0.5, 0.6) is 0 Å². The number of imidazole rings is 1. The third-order valence-electron chi connectivity index (χ3n) is 2.73. The van der Waals surface area contributed by atoms with E-state index in [2.05, 4.69) is 15.0 Å². The molecule has 3 rings (SSSR count). The van der Waals surface area contributed by atoms with Gasteiger partial charge in [0.2, 0.25) is 0 Å². The molecule has 5 heteroatoms. The summed E-state index contributed by atoms with van der Waals surface area (Å²) in [5.41, 5.74) is 2.52. The monoisotopic (exact) mass is 247 g/mol. The number of aliphatic hydroxyl groups is 1. The van der Waals surface area contributed by atoms with E-state index < -0.39 is 0 Å². The van der Waals surface area contributed by atoms with Gasteiger partial charge in [0, 0.05) is 22.7 Å². The van der Waals surface area contributed by atoms with E-state index >= 15 is 0 Å². The molecular weight excluding hydrogens is 238 g/mol. The van der Waals surface area contributed by atoms with E-state index in [4.69, 9.17) is 16.7 Å². The number of H-pyrrole nitrogens is 2. The maximum atomic E-state index is 9.08. The Morgan fingerprint density at radius 1 is 1.29 bits per heavy atom. The molecule has 3 aromatic rings. The van der Waals surface area contributed by atoms with Gasteiger partial charge < -0.3 is 15.1 Å². The van der Waals surface area contributed by atoms with Crippen molar-refractivity contribution in [2.24, 2.45) is 0 Å². The first-order valence-corrected chi connectivity index (χ1v) is 5.59. The maximum Gasteiger partial charge on any atom is 0.153 e. The van der Waals surface area contributed by atoms with Crippen molar-refractivity contribution in [1.29, 1.82) is 0 Å². The van der Waals surface area contributed by atoms with E-state index in [1.165, 1.54) is 0 Å². The van der Waals surface area contributed by atoms with Gasteiger partial charge in [0.15, 0.2) is 5.15 Å². The molecule has 0 atom stereocenters. The largest absolute Gasteiger partial charge is 0.390 e. The second-order valence-electron chi connectivity index (χ2n) is 3.76. The minimum atomic E-state index is -0.145. The van der Waals surface area contributed by atoms with Crippen molar-refractivity contribution in [2.45, 2.75) is 6.61 Å². The maximum absolute atomic E-state index is 9.08. The number of aliphatic hydroxyl groups excluding tert-OH is 1. The first kappa shape index (κ1) is 10.4. The van der Waals surface area contributed by atoms with Crippen LogP contribution < -0.4 is 0 Å². The number of rotatable bonds is 2. The van der Waals surface area contributed by atoms with E-state index in [0.717, 1.165) is 16.5 Å². The van der Waals surface area contributed by atoms with Crippen LogP contribution in [0.1, 0.15) is 5.69 Å². The summed E-state index contributed by atoms with van der Waals surface area (Å²) in [6, 6.07) is 7.95. The third-order valence-corrected chi connectivity index (χ3v) is 3.04. The molecule has 0 unspecified atom stereocenters. The van der Waals surface area contributed by atoms with Crippen molar-refractivity contribution in [3.8, 4) is 11.4 Å². The molecular formula is C12H10ClN3O. The van der Waals surface area contributed by atoms with Gasteiger partial charge in [-0.25, -0.2) is 4.98 Å². The summed E-state index contributed by atoms with van der Waals surface area (Å²) in [5.74, 6) is 0.663. The molecule has 0 spiro atoms.